The number of benzene rings is 3. The second-order valence-electron chi connectivity index (χ2n) is 18.3. The maximum atomic E-state index is 15.5. The van der Waals surface area contributed by atoms with Gasteiger partial charge in [0.15, 0.2) is 5.82 Å². The lowest BCUT2D eigenvalue weighted by molar-refractivity contribution is 0.0663. The number of halogens is 1. The van der Waals surface area contributed by atoms with Crippen LogP contribution in [0.3, 0.4) is 0 Å². The molecule has 0 spiro atoms. The summed E-state index contributed by atoms with van der Waals surface area (Å²) in [6, 6.07) is 18.7. The molecule has 3 fully saturated rings. The third-order valence-electron chi connectivity index (χ3n) is 14.5. The monoisotopic (exact) mass is 884 g/mol. The van der Waals surface area contributed by atoms with Gasteiger partial charge in [-0.2, -0.15) is 5.10 Å². The second-order valence-corrected chi connectivity index (χ2v) is 21.5. The summed E-state index contributed by atoms with van der Waals surface area (Å²) in [4.78, 5) is 47.2. The van der Waals surface area contributed by atoms with Crippen molar-refractivity contribution in [1.82, 2.24) is 38.5 Å². The summed E-state index contributed by atoms with van der Waals surface area (Å²) in [5.41, 5.74) is 4.84. The van der Waals surface area contributed by atoms with Crippen LogP contribution in [0.4, 0.5) is 4.39 Å². The zero-order chi connectivity index (χ0) is 44.2. The van der Waals surface area contributed by atoms with Gasteiger partial charge in [0.1, 0.15) is 30.0 Å². The second kappa shape index (κ2) is 15.0. The van der Waals surface area contributed by atoms with E-state index in [0.29, 0.717) is 96.2 Å². The SMILES string of the molecule is Cc1cc(-n2nc3c(c2-n2ccn(-c4ccc(P5(=O)CCCC5)cc4)c2=O)[C@H](C)N(C(=O)c2cc4cc(C5CCOCC5)ccc4n2[C@@]2(c4noc(=O)[nH]4)C[C@@H]2C)CC3)cc(C)c1F. The number of imidazole rings is 1. The molecule has 64 heavy (non-hydrogen) atoms. The van der Waals surface area contributed by atoms with E-state index in [4.69, 9.17) is 14.4 Å². The van der Waals surface area contributed by atoms with E-state index < -0.39 is 24.5 Å². The first-order chi connectivity index (χ1) is 30.9. The first kappa shape index (κ1) is 40.7. The van der Waals surface area contributed by atoms with Crippen LogP contribution in [0.5, 0.6) is 0 Å². The molecule has 4 aromatic heterocycles. The molecule has 0 unspecified atom stereocenters. The highest BCUT2D eigenvalue weighted by Gasteiger charge is 2.59. The average molecular weight is 885 g/mol. The van der Waals surface area contributed by atoms with Crippen LogP contribution in [0, 0.1) is 25.6 Å². The Hall–Kier alpha value is -6.05. The van der Waals surface area contributed by atoms with Crippen molar-refractivity contribution in [3.8, 4) is 17.2 Å². The third kappa shape index (κ3) is 6.29. The zero-order valence-electron chi connectivity index (χ0n) is 36.3. The Morgan fingerprint density at radius 2 is 1.62 bits per heavy atom. The van der Waals surface area contributed by atoms with Crippen molar-refractivity contribution >= 4 is 29.3 Å². The maximum absolute atomic E-state index is 15.5. The van der Waals surface area contributed by atoms with Crippen LogP contribution in [0.25, 0.3) is 28.1 Å². The van der Waals surface area contributed by atoms with E-state index in [9.17, 15) is 14.2 Å². The van der Waals surface area contributed by atoms with Gasteiger partial charge in [0.2, 0.25) is 0 Å². The zero-order valence-corrected chi connectivity index (χ0v) is 37.2. The lowest BCUT2D eigenvalue weighted by atomic mass is 9.91. The molecule has 3 aliphatic heterocycles. The number of fused-ring (bicyclic) bond motifs is 2. The number of amides is 1. The highest BCUT2D eigenvalue weighted by atomic mass is 31.2. The fourth-order valence-corrected chi connectivity index (χ4v) is 13.8. The molecule has 1 N–H and O–H groups in total. The van der Waals surface area contributed by atoms with Gasteiger partial charge in [0.05, 0.1) is 23.1 Å². The Morgan fingerprint density at radius 1 is 0.922 bits per heavy atom. The van der Waals surface area contributed by atoms with Crippen LogP contribution >= 0.6 is 7.14 Å². The van der Waals surface area contributed by atoms with Crippen LogP contribution in [0.1, 0.15) is 102 Å². The predicted octanol–water partition coefficient (Wildman–Crippen LogP) is 7.42. The first-order valence-corrected chi connectivity index (χ1v) is 24.4. The van der Waals surface area contributed by atoms with Crippen LogP contribution in [0.2, 0.25) is 0 Å². The molecule has 16 heteroatoms. The number of hydrogen-bond donors (Lipinski definition) is 1. The normalized spacial score (nSPS) is 22.0. The summed E-state index contributed by atoms with van der Waals surface area (Å²) in [5, 5.41) is 11.0. The van der Waals surface area contributed by atoms with E-state index in [1.165, 1.54) is 5.56 Å². The Morgan fingerprint density at radius 3 is 2.30 bits per heavy atom. The Balaban J connectivity index is 1.03. The molecule has 2 saturated heterocycles. The number of aromatic nitrogens is 7. The lowest BCUT2D eigenvalue weighted by Crippen LogP contribution is -2.41. The molecule has 4 aliphatic rings. The van der Waals surface area contributed by atoms with E-state index in [-0.39, 0.29) is 23.3 Å². The number of H-pyrrole nitrogens is 1. The number of nitrogens with one attached hydrogen (secondary N) is 1. The molecule has 1 aliphatic carbocycles. The maximum Gasteiger partial charge on any atom is 0.438 e. The van der Waals surface area contributed by atoms with Crippen LogP contribution in [-0.2, 0) is 21.3 Å². The predicted molar refractivity (Wildman–Crippen MR) is 240 cm³/mol. The summed E-state index contributed by atoms with van der Waals surface area (Å²) in [6.45, 7) is 9.20. The fourth-order valence-electron chi connectivity index (χ4n) is 10.9. The van der Waals surface area contributed by atoms with Crippen molar-refractivity contribution in [2.75, 3.05) is 32.1 Å². The summed E-state index contributed by atoms with van der Waals surface area (Å²) in [5.74, 6) is 0.00777. The minimum absolute atomic E-state index is 0.0290. The van der Waals surface area contributed by atoms with E-state index >= 15 is 9.18 Å². The molecule has 11 rings (SSSR count). The minimum atomic E-state index is -2.42. The standard InChI is InChI=1S/C48H50FN8O6P/c1-28-23-36(24-29(2)42(28)49)57-43(55-18-17-54(47(55)60)35-8-10-37(11-9-35)64(61)21-5-6-22-64)41-31(4)53(16-13-38(41)51-57)44(58)40-26-34-25-33(32-14-19-62-20-15-32)7-12-39(34)56(40)48(27-30(48)3)45-50-46(59)63-52-45/h7-12,17-18,23-26,30-32H,5-6,13-16,19-22,27H2,1-4H3,(H,50,52,59)/t30-,31-,48-/m0/s1. The molecule has 3 aromatic carbocycles. The van der Waals surface area contributed by atoms with Crippen molar-refractivity contribution in [3.05, 3.63) is 139 Å². The van der Waals surface area contributed by atoms with Crippen molar-refractivity contribution < 1.29 is 23.0 Å². The number of aromatic amines is 1. The smallest absolute Gasteiger partial charge is 0.381 e. The molecule has 7 heterocycles. The number of nitrogens with zero attached hydrogens (tertiary/aromatic N) is 7. The van der Waals surface area contributed by atoms with E-state index in [1.807, 2.05) is 46.7 Å². The topological polar surface area (TPSA) is 155 Å². The van der Waals surface area contributed by atoms with Gasteiger partial charge in [-0.3, -0.25) is 23.4 Å². The Bertz CT molecular complexity index is 3150. The lowest BCUT2D eigenvalue weighted by Gasteiger charge is -2.34. The van der Waals surface area contributed by atoms with Crippen molar-refractivity contribution in [2.45, 2.75) is 83.7 Å². The quantitative estimate of drug-likeness (QED) is 0.155. The average Bonchev–Trinajstić information content (AvgIpc) is 3.96. The van der Waals surface area contributed by atoms with Gasteiger partial charge in [-0.05, 0) is 136 Å². The number of ether oxygens (including phenoxy) is 1. The number of aryl methyl sites for hydroxylation is 2. The molecule has 0 bridgehead atoms. The molecular weight excluding hydrogens is 835 g/mol. The Kier molecular flexibility index (Phi) is 9.55. The summed E-state index contributed by atoms with van der Waals surface area (Å²) < 4.78 is 46.2. The third-order valence-corrected chi connectivity index (χ3v) is 17.8. The van der Waals surface area contributed by atoms with E-state index in [0.717, 1.165) is 47.6 Å². The van der Waals surface area contributed by atoms with Gasteiger partial charge in [0.25, 0.3) is 5.91 Å². The molecular formula is C48H50FN8O6P. The van der Waals surface area contributed by atoms with Crippen molar-refractivity contribution in [2.24, 2.45) is 5.92 Å². The number of rotatable bonds is 8. The van der Waals surface area contributed by atoms with Crippen LogP contribution in [0.15, 0.2) is 87.2 Å². The van der Waals surface area contributed by atoms with Gasteiger partial charge in [-0.25, -0.2) is 18.7 Å². The fraction of sp³-hybridized carbons (Fsp3) is 0.396. The first-order valence-electron chi connectivity index (χ1n) is 22.4. The molecule has 3 atom stereocenters. The van der Waals surface area contributed by atoms with Gasteiger partial charge in [-0.1, -0.05) is 18.1 Å². The highest BCUT2D eigenvalue weighted by molar-refractivity contribution is 7.71. The molecule has 0 radical (unpaired) electrons. The van der Waals surface area contributed by atoms with Crippen molar-refractivity contribution in [3.63, 3.8) is 0 Å². The summed E-state index contributed by atoms with van der Waals surface area (Å²) in [6.07, 6.45) is 9.60. The number of carbonyl (C=O) groups excluding carboxylic acids is 1. The summed E-state index contributed by atoms with van der Waals surface area (Å²) >= 11 is 0. The van der Waals surface area contributed by atoms with Gasteiger partial charge in [0, 0.05) is 72.7 Å². The summed E-state index contributed by atoms with van der Waals surface area (Å²) in [7, 11) is -2.42. The number of carbonyl (C=O) groups is 1. The number of hydrogen-bond acceptors (Lipinski definition) is 8. The van der Waals surface area contributed by atoms with Gasteiger partial charge in [-0.15, -0.1) is 0 Å². The van der Waals surface area contributed by atoms with Crippen LogP contribution in [-0.4, -0.2) is 76.5 Å². The Labute approximate surface area is 368 Å². The van der Waals surface area contributed by atoms with Crippen LogP contribution < -0.4 is 16.8 Å². The largest absolute Gasteiger partial charge is 0.438 e. The van der Waals surface area contributed by atoms with E-state index in [1.54, 1.807) is 52.2 Å². The molecule has 1 saturated carbocycles. The highest BCUT2D eigenvalue weighted by Crippen LogP contribution is 2.56. The molecule has 14 nitrogen and oxygen atoms in total. The minimum Gasteiger partial charge on any atom is -0.381 e. The molecule has 1 amide bonds. The van der Waals surface area contributed by atoms with E-state index in [2.05, 4.69) is 35.3 Å². The van der Waals surface area contributed by atoms with Gasteiger partial charge < -0.3 is 18.8 Å². The van der Waals surface area contributed by atoms with Crippen molar-refractivity contribution in [1.29, 1.82) is 0 Å². The molecule has 7 aromatic rings. The molecule has 330 valence electrons. The van der Waals surface area contributed by atoms with Gasteiger partial charge >= 0.3 is 11.4 Å².